The maximum absolute atomic E-state index is 13.7. The van der Waals surface area contributed by atoms with E-state index in [0.29, 0.717) is 6.07 Å². The van der Waals surface area contributed by atoms with Crippen molar-refractivity contribution >= 4 is 16.9 Å². The van der Waals surface area contributed by atoms with Gasteiger partial charge in [-0.25, -0.2) is 9.18 Å². The number of fused-ring (bicyclic) bond motifs is 1. The van der Waals surface area contributed by atoms with Gasteiger partial charge in [0.05, 0.1) is 5.52 Å². The molecule has 106 valence electrons. The normalized spacial score (nSPS) is 11.8. The number of rotatable bonds is 2. The van der Waals surface area contributed by atoms with Crippen LogP contribution in [0.25, 0.3) is 10.9 Å². The van der Waals surface area contributed by atoms with E-state index in [9.17, 15) is 27.2 Å². The van der Waals surface area contributed by atoms with Crippen LogP contribution < -0.4 is 5.43 Å². The summed E-state index contributed by atoms with van der Waals surface area (Å²) >= 11 is 0. The van der Waals surface area contributed by atoms with Gasteiger partial charge in [-0.15, -0.1) is 0 Å². The van der Waals surface area contributed by atoms with Crippen molar-refractivity contribution in [3.63, 3.8) is 0 Å². The van der Waals surface area contributed by atoms with Gasteiger partial charge in [-0.05, 0) is 12.1 Å². The van der Waals surface area contributed by atoms with E-state index in [2.05, 4.69) is 0 Å². The fourth-order valence-corrected chi connectivity index (χ4v) is 1.91. The van der Waals surface area contributed by atoms with Crippen LogP contribution in [0.2, 0.25) is 0 Å². The van der Waals surface area contributed by atoms with E-state index in [4.69, 9.17) is 5.11 Å². The molecule has 20 heavy (non-hydrogen) atoms. The quantitative estimate of drug-likeness (QED) is 0.864. The summed E-state index contributed by atoms with van der Waals surface area (Å²) in [5.74, 6) is -2.83. The molecule has 0 aliphatic heterocycles. The van der Waals surface area contributed by atoms with Crippen LogP contribution in [-0.2, 0) is 6.54 Å². The minimum Gasteiger partial charge on any atom is -0.477 e. The SMILES string of the molecule is O=C(O)c1cc(=O)c2cccc(F)c2n1CC(F)(F)F. The molecule has 0 aliphatic carbocycles. The first-order valence-corrected chi connectivity index (χ1v) is 5.33. The number of halogens is 4. The van der Waals surface area contributed by atoms with Gasteiger partial charge in [-0.3, -0.25) is 4.79 Å². The predicted octanol–water partition coefficient (Wildman–Crippen LogP) is 2.40. The maximum Gasteiger partial charge on any atom is 0.406 e. The minimum atomic E-state index is -4.76. The number of carboxylic acids is 1. The van der Waals surface area contributed by atoms with Gasteiger partial charge in [0.2, 0.25) is 0 Å². The van der Waals surface area contributed by atoms with Gasteiger partial charge in [-0.2, -0.15) is 13.2 Å². The van der Waals surface area contributed by atoms with E-state index in [1.165, 1.54) is 0 Å². The Kier molecular flexibility index (Phi) is 3.24. The third-order valence-electron chi connectivity index (χ3n) is 2.64. The number of aromatic nitrogens is 1. The van der Waals surface area contributed by atoms with E-state index < -0.39 is 41.1 Å². The molecule has 0 spiro atoms. The molecule has 0 saturated heterocycles. The molecule has 0 bridgehead atoms. The van der Waals surface area contributed by atoms with Crippen molar-refractivity contribution in [2.24, 2.45) is 0 Å². The molecule has 0 amide bonds. The van der Waals surface area contributed by atoms with Crippen LogP contribution in [0.5, 0.6) is 0 Å². The van der Waals surface area contributed by atoms with Crippen molar-refractivity contribution in [2.45, 2.75) is 12.7 Å². The van der Waals surface area contributed by atoms with Crippen LogP contribution in [0, 0.1) is 5.82 Å². The van der Waals surface area contributed by atoms with E-state index in [1.54, 1.807) is 0 Å². The smallest absolute Gasteiger partial charge is 0.406 e. The molecule has 1 aromatic carbocycles. The van der Waals surface area contributed by atoms with Gasteiger partial charge < -0.3 is 9.67 Å². The molecular weight excluding hydrogens is 282 g/mol. The first-order valence-electron chi connectivity index (χ1n) is 5.33. The predicted molar refractivity (Wildman–Crippen MR) is 61.2 cm³/mol. The lowest BCUT2D eigenvalue weighted by Crippen LogP contribution is -2.25. The molecule has 2 rings (SSSR count). The zero-order valence-corrected chi connectivity index (χ0v) is 9.74. The van der Waals surface area contributed by atoms with E-state index in [0.717, 1.165) is 18.2 Å². The number of para-hydroxylation sites is 1. The van der Waals surface area contributed by atoms with Crippen molar-refractivity contribution < 1.29 is 27.5 Å². The molecular formula is C12H7F4NO3. The average Bonchev–Trinajstić information content (AvgIpc) is 2.30. The molecule has 2 aromatic rings. The van der Waals surface area contributed by atoms with Gasteiger partial charge in [0.1, 0.15) is 18.1 Å². The second-order valence-electron chi connectivity index (χ2n) is 4.04. The Morgan fingerprint density at radius 1 is 1.30 bits per heavy atom. The summed E-state index contributed by atoms with van der Waals surface area (Å²) in [6.07, 6.45) is -4.76. The fraction of sp³-hybridized carbons (Fsp3) is 0.167. The summed E-state index contributed by atoms with van der Waals surface area (Å²) in [4.78, 5) is 22.6. The lowest BCUT2D eigenvalue weighted by molar-refractivity contribution is -0.140. The molecule has 0 radical (unpaired) electrons. The molecule has 0 atom stereocenters. The zero-order chi connectivity index (χ0) is 15.1. The van der Waals surface area contributed by atoms with Crippen molar-refractivity contribution in [2.75, 3.05) is 0 Å². The van der Waals surface area contributed by atoms with Gasteiger partial charge >= 0.3 is 12.1 Å². The number of alkyl halides is 3. The first-order chi connectivity index (χ1) is 9.20. The summed E-state index contributed by atoms with van der Waals surface area (Å²) in [5, 5.41) is 8.58. The highest BCUT2D eigenvalue weighted by molar-refractivity contribution is 5.90. The van der Waals surface area contributed by atoms with Gasteiger partial charge in [0, 0.05) is 11.5 Å². The van der Waals surface area contributed by atoms with E-state index in [1.807, 2.05) is 0 Å². The summed E-state index contributed by atoms with van der Waals surface area (Å²) in [5.41, 5.74) is -2.44. The molecule has 0 fully saturated rings. The average molecular weight is 289 g/mol. The Hall–Kier alpha value is -2.38. The number of carboxylic acid groups (broad SMARTS) is 1. The number of hydrogen-bond acceptors (Lipinski definition) is 2. The molecule has 0 saturated carbocycles. The van der Waals surface area contributed by atoms with Gasteiger partial charge in [-0.1, -0.05) is 6.07 Å². The number of aromatic carboxylic acids is 1. The topological polar surface area (TPSA) is 59.3 Å². The molecule has 4 nitrogen and oxygen atoms in total. The third-order valence-corrected chi connectivity index (χ3v) is 2.64. The van der Waals surface area contributed by atoms with Crippen LogP contribution in [0.3, 0.4) is 0 Å². The van der Waals surface area contributed by atoms with Crippen LogP contribution in [0.4, 0.5) is 17.6 Å². The lowest BCUT2D eigenvalue weighted by Gasteiger charge is -2.16. The Balaban J connectivity index is 2.92. The van der Waals surface area contributed by atoms with Crippen LogP contribution in [0.1, 0.15) is 10.5 Å². The van der Waals surface area contributed by atoms with Crippen LogP contribution in [-0.4, -0.2) is 21.8 Å². The number of pyridine rings is 1. The van der Waals surface area contributed by atoms with Crippen LogP contribution in [0.15, 0.2) is 29.1 Å². The largest absolute Gasteiger partial charge is 0.477 e. The summed E-state index contributed by atoms with van der Waals surface area (Å²) < 4.78 is 51.6. The molecule has 1 N–H and O–H groups in total. The maximum atomic E-state index is 13.7. The molecule has 1 aromatic heterocycles. The number of nitrogens with zero attached hydrogens (tertiary/aromatic N) is 1. The third kappa shape index (κ3) is 2.49. The van der Waals surface area contributed by atoms with Gasteiger partial charge in [0.15, 0.2) is 5.43 Å². The number of benzene rings is 1. The summed E-state index contributed by atoms with van der Waals surface area (Å²) in [6.45, 7) is -1.70. The first kappa shape index (κ1) is 14.0. The summed E-state index contributed by atoms with van der Waals surface area (Å²) in [6, 6.07) is 3.72. The second-order valence-corrected chi connectivity index (χ2v) is 4.04. The Labute approximate surface area is 108 Å². The van der Waals surface area contributed by atoms with E-state index >= 15 is 0 Å². The molecule has 0 aliphatic rings. The minimum absolute atomic E-state index is 0.244. The van der Waals surface area contributed by atoms with Crippen molar-refractivity contribution in [1.82, 2.24) is 4.57 Å². The molecule has 1 heterocycles. The second kappa shape index (κ2) is 4.62. The standard InChI is InChI=1S/C12H7F4NO3/c13-7-3-1-2-6-9(18)4-8(11(19)20)17(10(6)7)5-12(14,15)16/h1-4H,5H2,(H,19,20). The van der Waals surface area contributed by atoms with Crippen molar-refractivity contribution in [3.8, 4) is 0 Å². The molecule has 8 heteroatoms. The van der Waals surface area contributed by atoms with Crippen molar-refractivity contribution in [3.05, 3.63) is 46.0 Å². The number of hydrogen-bond donors (Lipinski definition) is 1. The lowest BCUT2D eigenvalue weighted by atomic mass is 10.1. The van der Waals surface area contributed by atoms with E-state index in [-0.39, 0.29) is 9.95 Å². The zero-order valence-electron chi connectivity index (χ0n) is 9.74. The Morgan fingerprint density at radius 3 is 2.50 bits per heavy atom. The van der Waals surface area contributed by atoms with Crippen molar-refractivity contribution in [1.29, 1.82) is 0 Å². The Morgan fingerprint density at radius 2 is 1.95 bits per heavy atom. The highest BCUT2D eigenvalue weighted by atomic mass is 19.4. The van der Waals surface area contributed by atoms with Crippen LogP contribution >= 0.6 is 0 Å². The number of carbonyl (C=O) groups is 1. The fourth-order valence-electron chi connectivity index (χ4n) is 1.91. The highest BCUT2D eigenvalue weighted by Gasteiger charge is 2.31. The molecule has 0 unspecified atom stereocenters. The summed E-state index contributed by atoms with van der Waals surface area (Å²) in [7, 11) is 0. The monoisotopic (exact) mass is 289 g/mol. The Bertz CT molecular complexity index is 749. The highest BCUT2D eigenvalue weighted by Crippen LogP contribution is 2.23. The van der Waals surface area contributed by atoms with Gasteiger partial charge in [0.25, 0.3) is 0 Å².